The van der Waals surface area contributed by atoms with Crippen LogP contribution in [-0.4, -0.2) is 60.6 Å². The number of likely N-dealkylation sites (tertiary alicyclic amines) is 1. The highest BCUT2D eigenvalue weighted by atomic mass is 16.3. The SMILES string of the molecule is CN(C)C1CCCN(C(=O)CCCCO)C1. The Morgan fingerprint density at radius 1 is 1.44 bits per heavy atom. The molecule has 4 heteroatoms. The van der Waals surface area contributed by atoms with E-state index in [9.17, 15) is 4.79 Å². The van der Waals surface area contributed by atoms with Gasteiger partial charge in [-0.1, -0.05) is 0 Å². The predicted octanol–water partition coefficient (Wildman–Crippen LogP) is 0.702. The van der Waals surface area contributed by atoms with Gasteiger partial charge < -0.3 is 14.9 Å². The molecule has 1 saturated heterocycles. The minimum atomic E-state index is 0.188. The fourth-order valence-electron chi connectivity index (χ4n) is 2.15. The van der Waals surface area contributed by atoms with Gasteiger partial charge in [0, 0.05) is 32.2 Å². The van der Waals surface area contributed by atoms with E-state index in [0.717, 1.165) is 32.4 Å². The number of carbonyl (C=O) groups excluding carboxylic acids is 1. The van der Waals surface area contributed by atoms with E-state index in [0.29, 0.717) is 12.5 Å². The first kappa shape index (κ1) is 13.5. The Bertz CT molecular complexity index is 219. The molecule has 0 aromatic heterocycles. The molecule has 1 amide bonds. The first-order valence-corrected chi connectivity index (χ1v) is 6.20. The molecule has 1 aliphatic rings. The van der Waals surface area contributed by atoms with Crippen LogP contribution in [0.1, 0.15) is 32.1 Å². The smallest absolute Gasteiger partial charge is 0.222 e. The average molecular weight is 228 g/mol. The molecule has 0 aromatic rings. The predicted molar refractivity (Wildman–Crippen MR) is 64.2 cm³/mol. The Kier molecular flexibility index (Phi) is 5.77. The highest BCUT2D eigenvalue weighted by Gasteiger charge is 2.24. The quantitative estimate of drug-likeness (QED) is 0.705. The van der Waals surface area contributed by atoms with Crippen LogP contribution in [0.5, 0.6) is 0 Å². The number of aliphatic hydroxyl groups excluding tert-OH is 1. The molecule has 0 spiro atoms. The van der Waals surface area contributed by atoms with Crippen molar-refractivity contribution in [3.05, 3.63) is 0 Å². The summed E-state index contributed by atoms with van der Waals surface area (Å²) in [5.41, 5.74) is 0. The van der Waals surface area contributed by atoms with Crippen LogP contribution in [-0.2, 0) is 4.79 Å². The number of carbonyl (C=O) groups is 1. The van der Waals surface area contributed by atoms with Gasteiger partial charge in [-0.25, -0.2) is 0 Å². The summed E-state index contributed by atoms with van der Waals surface area (Å²) in [7, 11) is 4.15. The number of piperidine rings is 1. The summed E-state index contributed by atoms with van der Waals surface area (Å²) >= 11 is 0. The maximum Gasteiger partial charge on any atom is 0.222 e. The first-order valence-electron chi connectivity index (χ1n) is 6.20. The van der Waals surface area contributed by atoms with Crippen molar-refractivity contribution in [2.75, 3.05) is 33.8 Å². The minimum absolute atomic E-state index is 0.188. The second kappa shape index (κ2) is 6.86. The maximum atomic E-state index is 11.9. The van der Waals surface area contributed by atoms with Crippen LogP contribution in [0.25, 0.3) is 0 Å². The number of rotatable bonds is 5. The van der Waals surface area contributed by atoms with E-state index in [1.165, 1.54) is 6.42 Å². The van der Waals surface area contributed by atoms with Crippen molar-refractivity contribution in [1.29, 1.82) is 0 Å². The molecule has 1 atom stereocenters. The van der Waals surface area contributed by atoms with Gasteiger partial charge in [-0.3, -0.25) is 4.79 Å². The number of hydrogen-bond acceptors (Lipinski definition) is 3. The Morgan fingerprint density at radius 2 is 2.19 bits per heavy atom. The third-order valence-electron chi connectivity index (χ3n) is 3.28. The Hall–Kier alpha value is -0.610. The highest BCUT2D eigenvalue weighted by molar-refractivity contribution is 5.76. The molecule has 1 heterocycles. The lowest BCUT2D eigenvalue weighted by Crippen LogP contribution is -2.47. The fourth-order valence-corrected chi connectivity index (χ4v) is 2.15. The highest BCUT2D eigenvalue weighted by Crippen LogP contribution is 2.15. The molecule has 1 fully saturated rings. The summed E-state index contributed by atoms with van der Waals surface area (Å²) in [4.78, 5) is 16.0. The molecule has 1 aliphatic heterocycles. The van der Waals surface area contributed by atoms with Crippen LogP contribution in [0.15, 0.2) is 0 Å². The molecule has 0 bridgehead atoms. The van der Waals surface area contributed by atoms with E-state index in [1.54, 1.807) is 0 Å². The number of likely N-dealkylation sites (N-methyl/N-ethyl adjacent to an activating group) is 1. The average Bonchev–Trinajstić information content (AvgIpc) is 2.29. The van der Waals surface area contributed by atoms with Crippen molar-refractivity contribution in [1.82, 2.24) is 9.80 Å². The van der Waals surface area contributed by atoms with Crippen LogP contribution in [0.4, 0.5) is 0 Å². The second-order valence-electron chi connectivity index (χ2n) is 4.78. The van der Waals surface area contributed by atoms with Crippen LogP contribution >= 0.6 is 0 Å². The van der Waals surface area contributed by atoms with Crippen molar-refractivity contribution in [3.8, 4) is 0 Å². The van der Waals surface area contributed by atoms with E-state index in [-0.39, 0.29) is 12.5 Å². The molecule has 0 aromatic carbocycles. The topological polar surface area (TPSA) is 43.8 Å². The van der Waals surface area contributed by atoms with Crippen molar-refractivity contribution < 1.29 is 9.90 Å². The number of amides is 1. The molecular weight excluding hydrogens is 204 g/mol. The van der Waals surface area contributed by atoms with E-state index in [4.69, 9.17) is 5.11 Å². The molecule has 0 saturated carbocycles. The van der Waals surface area contributed by atoms with Gasteiger partial charge in [0.1, 0.15) is 0 Å². The zero-order valence-corrected chi connectivity index (χ0v) is 10.5. The Morgan fingerprint density at radius 3 is 2.81 bits per heavy atom. The van der Waals surface area contributed by atoms with E-state index in [1.807, 2.05) is 4.90 Å². The van der Waals surface area contributed by atoms with Crippen LogP contribution in [0, 0.1) is 0 Å². The van der Waals surface area contributed by atoms with Crippen LogP contribution in [0.3, 0.4) is 0 Å². The summed E-state index contributed by atoms with van der Waals surface area (Å²) in [6, 6.07) is 0.510. The summed E-state index contributed by atoms with van der Waals surface area (Å²) in [5, 5.41) is 8.67. The molecule has 0 aliphatic carbocycles. The number of aliphatic hydroxyl groups is 1. The van der Waals surface area contributed by atoms with Crippen LogP contribution < -0.4 is 0 Å². The number of nitrogens with zero attached hydrogens (tertiary/aromatic N) is 2. The second-order valence-corrected chi connectivity index (χ2v) is 4.78. The third kappa shape index (κ3) is 4.10. The first-order chi connectivity index (χ1) is 7.65. The van der Waals surface area contributed by atoms with Gasteiger partial charge in [0.2, 0.25) is 5.91 Å². The summed E-state index contributed by atoms with van der Waals surface area (Å²) in [6.45, 7) is 1.96. The fraction of sp³-hybridized carbons (Fsp3) is 0.917. The standard InChI is InChI=1S/C12H24N2O2/c1-13(2)11-6-5-8-14(10-11)12(16)7-3-4-9-15/h11,15H,3-10H2,1-2H3. The molecule has 94 valence electrons. The van der Waals surface area contributed by atoms with Gasteiger partial charge in [-0.15, -0.1) is 0 Å². The molecule has 4 nitrogen and oxygen atoms in total. The minimum Gasteiger partial charge on any atom is -0.396 e. The summed E-state index contributed by atoms with van der Waals surface area (Å²) in [6.07, 6.45) is 4.41. The lowest BCUT2D eigenvalue weighted by atomic mass is 10.0. The monoisotopic (exact) mass is 228 g/mol. The van der Waals surface area contributed by atoms with Gasteiger partial charge in [0.15, 0.2) is 0 Å². The Balaban J connectivity index is 2.32. The molecule has 1 N–H and O–H groups in total. The molecule has 0 radical (unpaired) electrons. The van der Waals surface area contributed by atoms with Crippen molar-refractivity contribution in [3.63, 3.8) is 0 Å². The number of unbranched alkanes of at least 4 members (excludes halogenated alkanes) is 1. The molecule has 16 heavy (non-hydrogen) atoms. The lowest BCUT2D eigenvalue weighted by molar-refractivity contribution is -0.133. The van der Waals surface area contributed by atoms with E-state index < -0.39 is 0 Å². The van der Waals surface area contributed by atoms with Gasteiger partial charge >= 0.3 is 0 Å². The zero-order chi connectivity index (χ0) is 12.0. The largest absolute Gasteiger partial charge is 0.396 e. The maximum absolute atomic E-state index is 11.9. The van der Waals surface area contributed by atoms with Gasteiger partial charge in [0.25, 0.3) is 0 Å². The van der Waals surface area contributed by atoms with Gasteiger partial charge in [0.05, 0.1) is 0 Å². The van der Waals surface area contributed by atoms with Crippen LogP contribution in [0.2, 0.25) is 0 Å². The lowest BCUT2D eigenvalue weighted by Gasteiger charge is -2.36. The van der Waals surface area contributed by atoms with Gasteiger partial charge in [-0.05, 0) is 39.8 Å². The summed E-state index contributed by atoms with van der Waals surface area (Å²) < 4.78 is 0. The molecule has 1 rings (SSSR count). The normalized spacial score (nSPS) is 21.5. The van der Waals surface area contributed by atoms with E-state index in [2.05, 4.69) is 19.0 Å². The zero-order valence-electron chi connectivity index (χ0n) is 10.5. The van der Waals surface area contributed by atoms with Crippen molar-refractivity contribution in [2.45, 2.75) is 38.1 Å². The molecule has 1 unspecified atom stereocenters. The van der Waals surface area contributed by atoms with Crippen molar-refractivity contribution >= 4 is 5.91 Å². The van der Waals surface area contributed by atoms with Crippen molar-refractivity contribution in [2.24, 2.45) is 0 Å². The third-order valence-corrected chi connectivity index (χ3v) is 3.28. The number of hydrogen-bond donors (Lipinski definition) is 1. The Labute approximate surface area is 98.2 Å². The van der Waals surface area contributed by atoms with E-state index >= 15 is 0 Å². The van der Waals surface area contributed by atoms with Gasteiger partial charge in [-0.2, -0.15) is 0 Å². The molecular formula is C12H24N2O2. The summed E-state index contributed by atoms with van der Waals surface area (Å²) in [5.74, 6) is 0.250.